The molecule has 0 amide bonds. The number of allylic oxidation sites excluding steroid dienone is 2. The van der Waals surface area contributed by atoms with E-state index in [-0.39, 0.29) is 5.38 Å². The second kappa shape index (κ2) is 3.81. The first kappa shape index (κ1) is 10.4. The molecule has 0 radical (unpaired) electrons. The van der Waals surface area contributed by atoms with Gasteiger partial charge in [-0.25, -0.2) is 0 Å². The van der Waals surface area contributed by atoms with Gasteiger partial charge in [0.1, 0.15) is 5.66 Å². The molecule has 0 heterocycles. The minimum atomic E-state index is -0.945. The van der Waals surface area contributed by atoms with Crippen LogP contribution in [0.2, 0.25) is 0 Å². The van der Waals surface area contributed by atoms with Crippen LogP contribution in [-0.2, 0) is 0 Å². The van der Waals surface area contributed by atoms with E-state index in [2.05, 4.69) is 0 Å². The Morgan fingerprint density at radius 3 is 2.40 bits per heavy atom. The third-order valence-electron chi connectivity index (χ3n) is 2.46. The summed E-state index contributed by atoms with van der Waals surface area (Å²) in [6, 6.07) is 10.0. The van der Waals surface area contributed by atoms with Gasteiger partial charge in [0.2, 0.25) is 0 Å². The molecule has 0 saturated carbocycles. The summed E-state index contributed by atoms with van der Waals surface area (Å²) < 4.78 is 0. The van der Waals surface area contributed by atoms with Crippen molar-refractivity contribution in [1.29, 1.82) is 0 Å². The molecule has 1 aromatic carbocycles. The van der Waals surface area contributed by atoms with E-state index in [9.17, 15) is 0 Å². The topological polar surface area (TPSA) is 52.0 Å². The molecule has 78 valence electrons. The van der Waals surface area contributed by atoms with E-state index in [1.165, 1.54) is 0 Å². The second-order valence-electron chi connectivity index (χ2n) is 3.72. The SMILES string of the molecule is NC1(N)C=CC(c2ccccc2)=CC1Cl. The van der Waals surface area contributed by atoms with E-state index < -0.39 is 5.66 Å². The highest BCUT2D eigenvalue weighted by Crippen LogP contribution is 2.26. The van der Waals surface area contributed by atoms with Crippen molar-refractivity contribution in [2.75, 3.05) is 0 Å². The van der Waals surface area contributed by atoms with Crippen molar-refractivity contribution in [2.45, 2.75) is 11.0 Å². The largest absolute Gasteiger partial charge is 0.309 e. The molecule has 0 saturated heterocycles. The number of hydrogen-bond donors (Lipinski definition) is 2. The molecule has 2 nitrogen and oxygen atoms in total. The van der Waals surface area contributed by atoms with Crippen molar-refractivity contribution in [3.63, 3.8) is 0 Å². The van der Waals surface area contributed by atoms with Crippen molar-refractivity contribution in [3.05, 3.63) is 54.1 Å². The Hall–Kier alpha value is -1.09. The summed E-state index contributed by atoms with van der Waals surface area (Å²) in [5.74, 6) is 0. The van der Waals surface area contributed by atoms with Crippen LogP contribution in [0.3, 0.4) is 0 Å². The van der Waals surface area contributed by atoms with Crippen LogP contribution in [0.4, 0.5) is 0 Å². The number of benzene rings is 1. The summed E-state index contributed by atoms with van der Waals surface area (Å²) in [6.07, 6.45) is 5.54. The molecule has 0 aliphatic heterocycles. The zero-order valence-electron chi connectivity index (χ0n) is 8.23. The van der Waals surface area contributed by atoms with Gasteiger partial charge in [-0.15, -0.1) is 11.6 Å². The van der Waals surface area contributed by atoms with Gasteiger partial charge in [-0.05, 0) is 17.2 Å². The van der Waals surface area contributed by atoms with Crippen LogP contribution in [-0.4, -0.2) is 11.0 Å². The average molecular weight is 221 g/mol. The van der Waals surface area contributed by atoms with Crippen molar-refractivity contribution in [3.8, 4) is 0 Å². The molecule has 0 bridgehead atoms. The predicted octanol–water partition coefficient (Wildman–Crippen LogP) is 1.86. The Labute approximate surface area is 94.2 Å². The van der Waals surface area contributed by atoms with Gasteiger partial charge < -0.3 is 11.5 Å². The van der Waals surface area contributed by atoms with E-state index >= 15 is 0 Å². The fourth-order valence-corrected chi connectivity index (χ4v) is 1.72. The highest BCUT2D eigenvalue weighted by Gasteiger charge is 2.27. The smallest absolute Gasteiger partial charge is 0.104 e. The Kier molecular flexibility index (Phi) is 2.65. The summed E-state index contributed by atoms with van der Waals surface area (Å²) >= 11 is 6.08. The van der Waals surface area contributed by atoms with E-state index in [1.54, 1.807) is 6.08 Å². The maximum absolute atomic E-state index is 6.08. The molecule has 4 N–H and O–H groups in total. The number of rotatable bonds is 1. The lowest BCUT2D eigenvalue weighted by Crippen LogP contribution is -2.55. The predicted molar refractivity (Wildman–Crippen MR) is 64.3 cm³/mol. The van der Waals surface area contributed by atoms with Crippen molar-refractivity contribution < 1.29 is 0 Å². The zero-order chi connectivity index (χ0) is 10.9. The van der Waals surface area contributed by atoms with Gasteiger partial charge in [-0.3, -0.25) is 0 Å². The van der Waals surface area contributed by atoms with Crippen LogP contribution < -0.4 is 11.5 Å². The molecule has 1 aliphatic rings. The molecule has 1 aliphatic carbocycles. The molecule has 0 spiro atoms. The number of alkyl halides is 1. The van der Waals surface area contributed by atoms with Gasteiger partial charge in [-0.1, -0.05) is 42.5 Å². The fraction of sp³-hybridized carbons (Fsp3) is 0.167. The molecule has 0 fully saturated rings. The first-order valence-corrected chi connectivity index (χ1v) is 5.21. The first-order chi connectivity index (χ1) is 7.09. The quantitative estimate of drug-likeness (QED) is 0.561. The van der Waals surface area contributed by atoms with Crippen molar-refractivity contribution in [2.24, 2.45) is 11.5 Å². The summed E-state index contributed by atoms with van der Waals surface area (Å²) in [4.78, 5) is 0. The van der Waals surface area contributed by atoms with E-state index in [0.29, 0.717) is 0 Å². The lowest BCUT2D eigenvalue weighted by molar-refractivity contribution is 0.565. The lowest BCUT2D eigenvalue weighted by Gasteiger charge is -2.28. The molecule has 3 heteroatoms. The molecule has 1 atom stereocenters. The van der Waals surface area contributed by atoms with E-state index in [0.717, 1.165) is 11.1 Å². The van der Waals surface area contributed by atoms with E-state index in [1.807, 2.05) is 42.5 Å². The summed E-state index contributed by atoms with van der Waals surface area (Å²) in [6.45, 7) is 0. The van der Waals surface area contributed by atoms with E-state index in [4.69, 9.17) is 23.1 Å². The second-order valence-corrected chi connectivity index (χ2v) is 4.19. The molecular formula is C12H13ClN2. The Morgan fingerprint density at radius 1 is 1.13 bits per heavy atom. The molecule has 1 unspecified atom stereocenters. The normalized spacial score (nSPS) is 23.7. The summed E-state index contributed by atoms with van der Waals surface area (Å²) in [7, 11) is 0. The summed E-state index contributed by atoms with van der Waals surface area (Å²) in [5, 5.41) is -0.377. The van der Waals surface area contributed by atoms with Gasteiger partial charge in [0, 0.05) is 0 Å². The fourth-order valence-electron chi connectivity index (χ4n) is 1.51. The number of nitrogens with two attached hydrogens (primary N) is 2. The van der Waals surface area contributed by atoms with Crippen LogP contribution in [0.25, 0.3) is 5.57 Å². The number of halogens is 1. The molecule has 2 rings (SSSR count). The van der Waals surface area contributed by atoms with Gasteiger partial charge in [0.05, 0.1) is 5.38 Å². The van der Waals surface area contributed by atoms with Gasteiger partial charge in [0.15, 0.2) is 0 Å². The minimum absolute atomic E-state index is 0.377. The highest BCUT2D eigenvalue weighted by atomic mass is 35.5. The zero-order valence-corrected chi connectivity index (χ0v) is 8.98. The third kappa shape index (κ3) is 2.12. The lowest BCUT2D eigenvalue weighted by atomic mass is 9.94. The van der Waals surface area contributed by atoms with Crippen molar-refractivity contribution >= 4 is 17.2 Å². The highest BCUT2D eigenvalue weighted by molar-refractivity contribution is 6.23. The molecule has 15 heavy (non-hydrogen) atoms. The Balaban J connectivity index is 2.32. The maximum atomic E-state index is 6.08. The minimum Gasteiger partial charge on any atom is -0.309 e. The van der Waals surface area contributed by atoms with Crippen LogP contribution in [0.15, 0.2) is 48.6 Å². The summed E-state index contributed by atoms with van der Waals surface area (Å²) in [5.41, 5.74) is 12.8. The molecule has 0 aromatic heterocycles. The third-order valence-corrected chi connectivity index (χ3v) is 2.97. The van der Waals surface area contributed by atoms with Crippen LogP contribution in [0, 0.1) is 0 Å². The van der Waals surface area contributed by atoms with Crippen LogP contribution >= 0.6 is 11.6 Å². The van der Waals surface area contributed by atoms with Gasteiger partial charge in [-0.2, -0.15) is 0 Å². The van der Waals surface area contributed by atoms with Gasteiger partial charge in [0.25, 0.3) is 0 Å². The number of hydrogen-bond acceptors (Lipinski definition) is 2. The molecular weight excluding hydrogens is 208 g/mol. The first-order valence-electron chi connectivity index (χ1n) is 4.78. The Bertz CT molecular complexity index is 407. The standard InChI is InChI=1S/C12H13ClN2/c13-11-8-10(6-7-12(11,14)15)9-4-2-1-3-5-9/h1-8,11H,14-15H2. The van der Waals surface area contributed by atoms with Crippen LogP contribution in [0.1, 0.15) is 5.56 Å². The monoisotopic (exact) mass is 220 g/mol. The average Bonchev–Trinajstić information content (AvgIpc) is 2.23. The Morgan fingerprint density at radius 2 is 1.80 bits per heavy atom. The molecule has 1 aromatic rings. The van der Waals surface area contributed by atoms with Crippen LogP contribution in [0.5, 0.6) is 0 Å². The maximum Gasteiger partial charge on any atom is 0.104 e. The van der Waals surface area contributed by atoms with Gasteiger partial charge >= 0.3 is 0 Å². The van der Waals surface area contributed by atoms with Crippen molar-refractivity contribution in [1.82, 2.24) is 0 Å².